The van der Waals surface area contributed by atoms with Crippen LogP contribution in [-0.4, -0.2) is 37.2 Å². The lowest BCUT2D eigenvalue weighted by molar-refractivity contribution is 0.243. The van der Waals surface area contributed by atoms with Gasteiger partial charge in [-0.1, -0.05) is 25.0 Å². The van der Waals surface area contributed by atoms with E-state index in [4.69, 9.17) is 11.2 Å². The molecule has 1 N–H and O–H groups in total. The number of hydrogen-bond donors (Lipinski definition) is 1. The summed E-state index contributed by atoms with van der Waals surface area (Å²) in [5, 5.41) is 3.62. The Morgan fingerprint density at radius 3 is 2.80 bits per heavy atom. The lowest BCUT2D eigenvalue weighted by atomic mass is 10.0. The van der Waals surface area contributed by atoms with Crippen LogP contribution in [0.4, 0.5) is 5.69 Å². The van der Waals surface area contributed by atoms with Crippen molar-refractivity contribution in [1.82, 2.24) is 4.90 Å². The summed E-state index contributed by atoms with van der Waals surface area (Å²) in [6.07, 6.45) is 8.64. The van der Waals surface area contributed by atoms with Crippen LogP contribution in [0, 0.1) is 12.3 Å². The van der Waals surface area contributed by atoms with Crippen LogP contribution in [0.2, 0.25) is 0 Å². The normalized spacial score (nSPS) is 16.6. The van der Waals surface area contributed by atoms with Crippen molar-refractivity contribution < 1.29 is 4.74 Å². The zero-order chi connectivity index (χ0) is 14.2. The molecule has 3 heteroatoms. The summed E-state index contributed by atoms with van der Waals surface area (Å²) in [4.78, 5) is 2.33. The Labute approximate surface area is 122 Å². The summed E-state index contributed by atoms with van der Waals surface area (Å²) in [7, 11) is 0. The molecule has 1 fully saturated rings. The molecule has 0 amide bonds. The first-order chi connectivity index (χ1) is 9.83. The van der Waals surface area contributed by atoms with Gasteiger partial charge in [-0.2, -0.15) is 0 Å². The number of nitrogens with zero attached hydrogens (tertiary/aromatic N) is 1. The third kappa shape index (κ3) is 4.18. The predicted molar refractivity (Wildman–Crippen MR) is 84.1 cm³/mol. The molecule has 0 bridgehead atoms. The van der Waals surface area contributed by atoms with Gasteiger partial charge in [-0.15, -0.1) is 6.42 Å². The van der Waals surface area contributed by atoms with Crippen molar-refractivity contribution in [2.45, 2.75) is 32.2 Å². The lowest BCUT2D eigenvalue weighted by Gasteiger charge is -2.32. The van der Waals surface area contributed by atoms with E-state index in [0.717, 1.165) is 56.9 Å². The molecule has 0 spiro atoms. The summed E-state index contributed by atoms with van der Waals surface area (Å²) in [6, 6.07) is 8.71. The molecule has 1 heterocycles. The molecule has 1 aliphatic rings. The molecule has 0 unspecified atom stereocenters. The van der Waals surface area contributed by atoms with Crippen molar-refractivity contribution in [1.29, 1.82) is 0 Å². The molecule has 1 aliphatic heterocycles. The van der Waals surface area contributed by atoms with E-state index in [9.17, 15) is 0 Å². The van der Waals surface area contributed by atoms with Gasteiger partial charge < -0.3 is 10.1 Å². The highest BCUT2D eigenvalue weighted by molar-refractivity contribution is 5.56. The first kappa shape index (κ1) is 14.7. The quantitative estimate of drug-likeness (QED) is 0.806. The number of hydrogen-bond acceptors (Lipinski definition) is 3. The molecule has 0 aromatic heterocycles. The zero-order valence-corrected chi connectivity index (χ0v) is 12.3. The van der Waals surface area contributed by atoms with Crippen molar-refractivity contribution in [3.05, 3.63) is 24.3 Å². The Morgan fingerprint density at radius 1 is 1.35 bits per heavy atom. The van der Waals surface area contributed by atoms with Gasteiger partial charge in [0.15, 0.2) is 0 Å². The van der Waals surface area contributed by atoms with Gasteiger partial charge in [0.1, 0.15) is 5.75 Å². The highest BCUT2D eigenvalue weighted by atomic mass is 16.5. The van der Waals surface area contributed by atoms with Gasteiger partial charge in [-0.3, -0.25) is 4.90 Å². The minimum absolute atomic E-state index is 0.510. The molecule has 3 nitrogen and oxygen atoms in total. The van der Waals surface area contributed by atoms with Crippen molar-refractivity contribution in [2.75, 3.05) is 31.6 Å². The van der Waals surface area contributed by atoms with Crippen molar-refractivity contribution in [2.24, 2.45) is 0 Å². The molecule has 0 radical (unpaired) electrons. The molecular formula is C17H24N2O. The molecule has 108 valence electrons. The van der Waals surface area contributed by atoms with E-state index in [0.29, 0.717) is 6.04 Å². The number of rotatable bonds is 6. The molecule has 0 atom stereocenters. The van der Waals surface area contributed by atoms with Crippen molar-refractivity contribution in [3.8, 4) is 18.1 Å². The highest BCUT2D eigenvalue weighted by Gasteiger charge is 2.19. The molecule has 20 heavy (non-hydrogen) atoms. The fourth-order valence-electron chi connectivity index (χ4n) is 2.51. The lowest BCUT2D eigenvalue weighted by Crippen LogP contribution is -2.39. The minimum atomic E-state index is 0.510. The van der Waals surface area contributed by atoms with Crippen LogP contribution >= 0.6 is 0 Å². The summed E-state index contributed by atoms with van der Waals surface area (Å²) in [5.41, 5.74) is 1.11. The molecule has 1 saturated heterocycles. The standard InChI is InChI=1S/C17H24N2O/c1-3-11-19-12-9-15(10-13-19)18-16-7-5-6-8-17(16)20-14-4-2/h1,5-8,15,18H,4,9-14H2,2H3. The van der Waals surface area contributed by atoms with Crippen molar-refractivity contribution in [3.63, 3.8) is 0 Å². The average Bonchev–Trinajstić information content (AvgIpc) is 2.49. The second kappa shape index (κ2) is 7.81. The van der Waals surface area contributed by atoms with E-state index in [-0.39, 0.29) is 0 Å². The van der Waals surface area contributed by atoms with Crippen LogP contribution in [0.3, 0.4) is 0 Å². The van der Waals surface area contributed by atoms with Gasteiger partial charge >= 0.3 is 0 Å². The van der Waals surface area contributed by atoms with E-state index >= 15 is 0 Å². The Kier molecular flexibility index (Phi) is 5.76. The number of ether oxygens (including phenoxy) is 1. The molecular weight excluding hydrogens is 248 g/mol. The number of anilines is 1. The topological polar surface area (TPSA) is 24.5 Å². The van der Waals surface area contributed by atoms with Crippen LogP contribution in [-0.2, 0) is 0 Å². The second-order valence-electron chi connectivity index (χ2n) is 5.24. The number of piperidine rings is 1. The fourth-order valence-corrected chi connectivity index (χ4v) is 2.51. The van der Waals surface area contributed by atoms with Gasteiger partial charge in [0, 0.05) is 19.1 Å². The summed E-state index contributed by atoms with van der Waals surface area (Å²) < 4.78 is 5.79. The maximum absolute atomic E-state index is 5.79. The Hall–Kier alpha value is -1.66. The Morgan fingerprint density at radius 2 is 2.10 bits per heavy atom. The van der Waals surface area contributed by atoms with Gasteiger partial charge in [-0.25, -0.2) is 0 Å². The number of terminal acetylenes is 1. The molecule has 1 aromatic carbocycles. The zero-order valence-electron chi connectivity index (χ0n) is 12.3. The fraction of sp³-hybridized carbons (Fsp3) is 0.529. The summed E-state index contributed by atoms with van der Waals surface area (Å²) >= 11 is 0. The minimum Gasteiger partial charge on any atom is -0.491 e. The maximum Gasteiger partial charge on any atom is 0.142 e. The van der Waals surface area contributed by atoms with E-state index in [1.54, 1.807) is 0 Å². The van der Waals surface area contributed by atoms with Gasteiger partial charge in [0.05, 0.1) is 18.8 Å². The highest BCUT2D eigenvalue weighted by Crippen LogP contribution is 2.26. The number of para-hydroxylation sites is 2. The van der Waals surface area contributed by atoms with Crippen LogP contribution in [0.1, 0.15) is 26.2 Å². The summed E-state index contributed by atoms with van der Waals surface area (Å²) in [6.45, 7) is 5.79. The average molecular weight is 272 g/mol. The first-order valence-corrected chi connectivity index (χ1v) is 7.47. The Bertz CT molecular complexity index is 445. The van der Waals surface area contributed by atoms with Crippen LogP contribution < -0.4 is 10.1 Å². The van der Waals surface area contributed by atoms with Crippen LogP contribution in [0.15, 0.2) is 24.3 Å². The second-order valence-corrected chi connectivity index (χ2v) is 5.24. The van der Waals surface area contributed by atoms with Gasteiger partial charge in [0.25, 0.3) is 0 Å². The first-order valence-electron chi connectivity index (χ1n) is 7.47. The summed E-state index contributed by atoms with van der Waals surface area (Å²) in [5.74, 6) is 3.68. The maximum atomic E-state index is 5.79. The van der Waals surface area contributed by atoms with Gasteiger partial charge in [0.2, 0.25) is 0 Å². The molecule has 2 rings (SSSR count). The molecule has 0 aliphatic carbocycles. The van der Waals surface area contributed by atoms with E-state index in [1.165, 1.54) is 0 Å². The van der Waals surface area contributed by atoms with Gasteiger partial charge in [-0.05, 0) is 31.4 Å². The van der Waals surface area contributed by atoms with Crippen LogP contribution in [0.25, 0.3) is 0 Å². The number of likely N-dealkylation sites (tertiary alicyclic amines) is 1. The SMILES string of the molecule is C#CCN1CCC(Nc2ccccc2OCCC)CC1. The number of benzene rings is 1. The predicted octanol–water partition coefficient (Wildman–Crippen LogP) is 2.98. The third-order valence-electron chi connectivity index (χ3n) is 3.61. The van der Waals surface area contributed by atoms with Crippen LogP contribution in [0.5, 0.6) is 5.75 Å². The Balaban J connectivity index is 1.89. The van der Waals surface area contributed by atoms with E-state index < -0.39 is 0 Å². The third-order valence-corrected chi connectivity index (χ3v) is 3.61. The van der Waals surface area contributed by atoms with E-state index in [1.807, 2.05) is 12.1 Å². The smallest absolute Gasteiger partial charge is 0.142 e. The molecule has 0 saturated carbocycles. The monoisotopic (exact) mass is 272 g/mol. The van der Waals surface area contributed by atoms with Crippen molar-refractivity contribution >= 4 is 5.69 Å². The molecule has 1 aromatic rings. The van der Waals surface area contributed by atoms with E-state index in [2.05, 4.69) is 35.2 Å². The number of nitrogens with one attached hydrogen (secondary N) is 1. The largest absolute Gasteiger partial charge is 0.491 e.